The van der Waals surface area contributed by atoms with E-state index in [-0.39, 0.29) is 36.9 Å². The molecule has 12 heteroatoms. The standard InChI is InChI=1S/C16H28N2O8Se2/c1-15(2,3)25-13(23)17-9(11(19)20)7-27-28-8-10(12(21)22)18-14(24)26-16(4,5)6/h9-10H,7-8H2,1-6H3,(H,17,23)(H,18,24)(H,19,20)(H,21,22)/t9-,10+. The Labute approximate surface area is 175 Å². The van der Waals surface area contributed by atoms with Crippen molar-refractivity contribution in [3.63, 3.8) is 0 Å². The van der Waals surface area contributed by atoms with E-state index in [2.05, 4.69) is 10.6 Å². The second-order valence-corrected chi connectivity index (χ2v) is 15.2. The summed E-state index contributed by atoms with van der Waals surface area (Å²) in [6.45, 7) is 9.99. The van der Waals surface area contributed by atoms with Crippen molar-refractivity contribution in [3.05, 3.63) is 0 Å². The minimum atomic E-state index is -1.19. The number of carbonyl (C=O) groups is 4. The van der Waals surface area contributed by atoms with Gasteiger partial charge in [-0.2, -0.15) is 0 Å². The van der Waals surface area contributed by atoms with Gasteiger partial charge in [-0.25, -0.2) is 0 Å². The molecule has 0 aliphatic heterocycles. The second-order valence-electron chi connectivity index (χ2n) is 7.64. The van der Waals surface area contributed by atoms with E-state index in [0.29, 0.717) is 0 Å². The van der Waals surface area contributed by atoms with Gasteiger partial charge >= 0.3 is 175 Å². The number of rotatable bonds is 9. The maximum atomic E-state index is 11.7. The number of hydrogen-bond donors (Lipinski definition) is 4. The minimum absolute atomic E-state index is 0.181. The van der Waals surface area contributed by atoms with Gasteiger partial charge in [-0.15, -0.1) is 0 Å². The number of nitrogens with one attached hydrogen (secondary N) is 2. The van der Waals surface area contributed by atoms with Crippen molar-refractivity contribution < 1.29 is 38.9 Å². The average Bonchev–Trinajstić information content (AvgIpc) is 2.44. The second kappa shape index (κ2) is 11.5. The van der Waals surface area contributed by atoms with Crippen LogP contribution in [0.25, 0.3) is 0 Å². The number of hydrogen-bond acceptors (Lipinski definition) is 6. The van der Waals surface area contributed by atoms with Gasteiger partial charge in [-0.3, -0.25) is 0 Å². The third kappa shape index (κ3) is 13.7. The topological polar surface area (TPSA) is 151 Å². The first kappa shape index (κ1) is 26.5. The van der Waals surface area contributed by atoms with Crippen LogP contribution in [-0.4, -0.2) is 83.9 Å². The van der Waals surface area contributed by atoms with Gasteiger partial charge < -0.3 is 0 Å². The zero-order chi connectivity index (χ0) is 22.1. The molecule has 0 radical (unpaired) electrons. The third-order valence-electron chi connectivity index (χ3n) is 2.53. The van der Waals surface area contributed by atoms with Crippen molar-refractivity contribution in [2.45, 2.75) is 75.5 Å². The van der Waals surface area contributed by atoms with Gasteiger partial charge in [0.25, 0.3) is 0 Å². The van der Waals surface area contributed by atoms with Crippen molar-refractivity contribution in [2.75, 3.05) is 0 Å². The SMILES string of the molecule is CC(C)(C)OC(=O)N[C@@H](C[Se][Se]C[C@@H](NC(=O)OC(C)(C)C)C(=O)O)C(=O)O. The molecule has 2 amide bonds. The number of carboxylic acids is 2. The average molecular weight is 534 g/mol. The summed E-state index contributed by atoms with van der Waals surface area (Å²) >= 11 is -0.428. The molecule has 162 valence electrons. The Morgan fingerprint density at radius 2 is 1.04 bits per heavy atom. The number of carboxylic acid groups (broad SMARTS) is 2. The Kier molecular flexibility index (Phi) is 10.9. The molecule has 0 fully saturated rings. The summed E-state index contributed by atoms with van der Waals surface area (Å²) in [5, 5.41) is 23.4. The zero-order valence-corrected chi connectivity index (χ0v) is 20.2. The summed E-state index contributed by atoms with van der Waals surface area (Å²) in [7, 11) is 0. The fraction of sp³-hybridized carbons (Fsp3) is 0.750. The van der Waals surface area contributed by atoms with Crippen LogP contribution in [0.5, 0.6) is 0 Å². The molecule has 10 nitrogen and oxygen atoms in total. The van der Waals surface area contributed by atoms with E-state index in [1.54, 1.807) is 41.5 Å². The van der Waals surface area contributed by atoms with E-state index in [1.165, 1.54) is 0 Å². The molecule has 0 unspecified atom stereocenters. The van der Waals surface area contributed by atoms with Gasteiger partial charge in [-0.05, 0) is 0 Å². The number of ether oxygens (including phenoxy) is 2. The molecule has 0 aromatic carbocycles. The van der Waals surface area contributed by atoms with E-state index in [0.717, 1.165) is 0 Å². The Hall–Kier alpha value is -1.48. The Balaban J connectivity index is 4.51. The maximum absolute atomic E-state index is 11.7. The van der Waals surface area contributed by atoms with Gasteiger partial charge in [-0.1, -0.05) is 0 Å². The Morgan fingerprint density at radius 1 is 0.750 bits per heavy atom. The van der Waals surface area contributed by atoms with E-state index in [1.807, 2.05) is 0 Å². The summed E-state index contributed by atoms with van der Waals surface area (Å²) < 4.78 is 10.1. The van der Waals surface area contributed by atoms with Gasteiger partial charge in [0.2, 0.25) is 0 Å². The Morgan fingerprint density at radius 3 is 1.25 bits per heavy atom. The van der Waals surface area contributed by atoms with Gasteiger partial charge in [0, 0.05) is 0 Å². The molecule has 0 aliphatic carbocycles. The van der Waals surface area contributed by atoms with Crippen molar-refractivity contribution in [2.24, 2.45) is 0 Å². The van der Waals surface area contributed by atoms with Crippen LogP contribution in [0.3, 0.4) is 0 Å². The van der Waals surface area contributed by atoms with Crippen molar-refractivity contribution in [1.82, 2.24) is 10.6 Å². The molecular formula is C16H28N2O8Se2. The third-order valence-corrected chi connectivity index (χ3v) is 9.63. The quantitative estimate of drug-likeness (QED) is 0.254. The molecule has 0 aromatic rings. The van der Waals surface area contributed by atoms with Gasteiger partial charge in [0.15, 0.2) is 0 Å². The van der Waals surface area contributed by atoms with Gasteiger partial charge in [0.05, 0.1) is 0 Å². The Bertz CT molecular complexity index is 522. The fourth-order valence-corrected chi connectivity index (χ4v) is 8.47. The molecule has 0 heterocycles. The van der Waals surface area contributed by atoms with Crippen LogP contribution < -0.4 is 10.6 Å². The summed E-state index contributed by atoms with van der Waals surface area (Å²) in [5.41, 5.74) is -1.49. The molecule has 0 bridgehead atoms. The number of amides is 2. The zero-order valence-electron chi connectivity index (χ0n) is 16.7. The predicted molar refractivity (Wildman–Crippen MR) is 103 cm³/mol. The number of carbonyl (C=O) groups excluding carboxylic acids is 2. The van der Waals surface area contributed by atoms with E-state index < -0.39 is 47.4 Å². The molecule has 0 aliphatic rings. The van der Waals surface area contributed by atoms with Crippen LogP contribution in [-0.2, 0) is 19.1 Å². The summed E-state index contributed by atoms with van der Waals surface area (Å²) in [6.07, 6.45) is -1.64. The molecule has 2 atom stereocenters. The molecule has 0 saturated heterocycles. The molecule has 28 heavy (non-hydrogen) atoms. The van der Waals surface area contributed by atoms with E-state index in [9.17, 15) is 29.4 Å². The fourth-order valence-electron chi connectivity index (χ4n) is 1.48. The summed E-state index contributed by atoms with van der Waals surface area (Å²) in [4.78, 5) is 46.0. The molecule has 0 spiro atoms. The monoisotopic (exact) mass is 536 g/mol. The summed E-state index contributed by atoms with van der Waals surface area (Å²) in [5.74, 6) is -2.38. The number of alkyl carbamates (subject to hydrolysis) is 2. The molecule has 0 rings (SSSR count). The van der Waals surface area contributed by atoms with Crippen LogP contribution in [0.1, 0.15) is 41.5 Å². The first-order chi connectivity index (χ1) is 12.6. The first-order valence-electron chi connectivity index (χ1n) is 8.30. The normalized spacial score (nSPS) is 13.8. The van der Waals surface area contributed by atoms with Crippen LogP contribution in [0.15, 0.2) is 0 Å². The number of aliphatic carboxylic acids is 2. The van der Waals surface area contributed by atoms with E-state index in [4.69, 9.17) is 9.47 Å². The van der Waals surface area contributed by atoms with Crippen LogP contribution in [0, 0.1) is 0 Å². The molecule has 0 saturated carbocycles. The molecular weight excluding hydrogens is 506 g/mol. The first-order valence-corrected chi connectivity index (χ1v) is 15.1. The molecule has 4 N–H and O–H groups in total. The predicted octanol–water partition coefficient (Wildman–Crippen LogP) is 1.10. The molecule has 0 aromatic heterocycles. The van der Waals surface area contributed by atoms with Gasteiger partial charge in [0.1, 0.15) is 0 Å². The van der Waals surface area contributed by atoms with E-state index >= 15 is 0 Å². The van der Waals surface area contributed by atoms with Crippen LogP contribution in [0.4, 0.5) is 9.59 Å². The van der Waals surface area contributed by atoms with Crippen molar-refractivity contribution >= 4 is 50.4 Å². The summed E-state index contributed by atoms with van der Waals surface area (Å²) in [6, 6.07) is -2.22. The van der Waals surface area contributed by atoms with Crippen molar-refractivity contribution in [3.8, 4) is 0 Å². The van der Waals surface area contributed by atoms with Crippen molar-refractivity contribution in [1.29, 1.82) is 0 Å². The van der Waals surface area contributed by atoms with Crippen LogP contribution in [0.2, 0.25) is 10.6 Å². The van der Waals surface area contributed by atoms with Crippen LogP contribution >= 0.6 is 0 Å².